The maximum atomic E-state index is 15.2. The van der Waals surface area contributed by atoms with Crippen LogP contribution in [0.25, 0.3) is 32.6 Å². The molecule has 3 saturated heterocycles. The van der Waals surface area contributed by atoms with Crippen molar-refractivity contribution in [1.82, 2.24) is 29.7 Å². The van der Waals surface area contributed by atoms with Gasteiger partial charge in [0.2, 0.25) is 0 Å². The van der Waals surface area contributed by atoms with Gasteiger partial charge in [0.05, 0.1) is 38.5 Å². The number of nitrogens with zero attached hydrogens (tertiary/aromatic N) is 6. The largest absolute Gasteiger partial charge is 0.379 e. The Morgan fingerprint density at radius 2 is 1.68 bits per heavy atom. The third kappa shape index (κ3) is 4.66. The molecule has 7 rings (SSSR count). The lowest BCUT2D eigenvalue weighted by Gasteiger charge is -2.39. The van der Waals surface area contributed by atoms with E-state index in [4.69, 9.17) is 24.4 Å². The molecule has 11 heteroatoms. The minimum atomic E-state index is -0.331. The number of rotatable bonds is 5. The van der Waals surface area contributed by atoms with Gasteiger partial charge in [-0.2, -0.15) is 0 Å². The number of thiazole rings is 1. The van der Waals surface area contributed by atoms with Gasteiger partial charge in [-0.15, -0.1) is 11.3 Å². The fourth-order valence-electron chi connectivity index (χ4n) is 5.93. The number of H-pyrrole nitrogens is 1. The second-order valence-corrected chi connectivity index (χ2v) is 11.3. The predicted octanol–water partition coefficient (Wildman–Crippen LogP) is 3.51. The number of anilines is 1. The normalized spacial score (nSPS) is 20.6. The maximum absolute atomic E-state index is 15.2. The van der Waals surface area contributed by atoms with Gasteiger partial charge in [0, 0.05) is 62.4 Å². The van der Waals surface area contributed by atoms with Crippen molar-refractivity contribution in [2.75, 3.05) is 70.6 Å². The van der Waals surface area contributed by atoms with Gasteiger partial charge in [0.1, 0.15) is 15.5 Å². The van der Waals surface area contributed by atoms with Crippen LogP contribution in [0.5, 0.6) is 0 Å². The number of hydrogen-bond acceptors (Lipinski definition) is 9. The molecule has 0 radical (unpaired) electrons. The number of likely N-dealkylation sites (tertiary alicyclic amines) is 1. The zero-order valence-electron chi connectivity index (χ0n) is 21.4. The maximum Gasteiger partial charge on any atom is 0.176 e. The topological polar surface area (TPSA) is 82.6 Å². The van der Waals surface area contributed by atoms with E-state index in [1.54, 1.807) is 17.4 Å². The Labute approximate surface area is 224 Å². The van der Waals surface area contributed by atoms with Crippen molar-refractivity contribution < 1.29 is 13.9 Å². The van der Waals surface area contributed by atoms with Crippen molar-refractivity contribution in [3.63, 3.8) is 0 Å². The second-order valence-electron chi connectivity index (χ2n) is 10.2. The monoisotopic (exact) mass is 537 g/mol. The highest BCUT2D eigenvalue weighted by molar-refractivity contribution is 7.19. The Morgan fingerprint density at radius 3 is 2.47 bits per heavy atom. The van der Waals surface area contributed by atoms with Gasteiger partial charge in [-0.05, 0) is 31.0 Å². The Balaban J connectivity index is 1.19. The SMILES string of the molecule is Fc1ccc2[nH]ccc2c1-c1nc(N2CCOCC2)c2sc(CN3CCC(N4CCOCC4)CC3)nc2n1. The summed E-state index contributed by atoms with van der Waals surface area (Å²) in [6, 6.07) is 5.75. The highest BCUT2D eigenvalue weighted by atomic mass is 32.1. The van der Waals surface area contributed by atoms with Crippen molar-refractivity contribution in [1.29, 1.82) is 0 Å². The number of ether oxygens (including phenoxy) is 2. The molecule has 4 aromatic rings. The second kappa shape index (κ2) is 10.5. The Hall–Kier alpha value is -2.70. The van der Waals surface area contributed by atoms with Crippen molar-refractivity contribution in [3.8, 4) is 11.4 Å². The Bertz CT molecular complexity index is 1420. The first-order valence-corrected chi connectivity index (χ1v) is 14.3. The summed E-state index contributed by atoms with van der Waals surface area (Å²) in [5.74, 6) is 0.878. The molecular formula is C27H32FN7O2S. The van der Waals surface area contributed by atoms with E-state index in [0.29, 0.717) is 36.3 Å². The van der Waals surface area contributed by atoms with Gasteiger partial charge >= 0.3 is 0 Å². The number of nitrogens with one attached hydrogen (secondary N) is 1. The lowest BCUT2D eigenvalue weighted by atomic mass is 10.0. The molecule has 3 fully saturated rings. The van der Waals surface area contributed by atoms with E-state index in [2.05, 4.69) is 19.7 Å². The third-order valence-electron chi connectivity index (χ3n) is 7.98. The van der Waals surface area contributed by atoms with Crippen LogP contribution >= 0.6 is 11.3 Å². The zero-order chi connectivity index (χ0) is 25.5. The number of morpholine rings is 2. The van der Waals surface area contributed by atoms with Gasteiger partial charge in [0.25, 0.3) is 0 Å². The summed E-state index contributed by atoms with van der Waals surface area (Å²) in [5, 5.41) is 1.81. The van der Waals surface area contributed by atoms with E-state index in [1.807, 2.05) is 12.3 Å². The van der Waals surface area contributed by atoms with Crippen molar-refractivity contribution in [2.24, 2.45) is 0 Å². The highest BCUT2D eigenvalue weighted by Gasteiger charge is 2.27. The number of aromatic nitrogens is 4. The van der Waals surface area contributed by atoms with Gasteiger partial charge in [-0.1, -0.05) is 0 Å². The molecule has 0 amide bonds. The number of aromatic amines is 1. The van der Waals surface area contributed by atoms with Crippen LogP contribution < -0.4 is 4.90 Å². The molecule has 38 heavy (non-hydrogen) atoms. The lowest BCUT2D eigenvalue weighted by molar-refractivity contribution is 0.000231. The quantitative estimate of drug-likeness (QED) is 0.414. The summed E-state index contributed by atoms with van der Waals surface area (Å²) in [7, 11) is 0. The molecule has 0 spiro atoms. The van der Waals surface area contributed by atoms with Crippen LogP contribution in [0.15, 0.2) is 24.4 Å². The number of piperidine rings is 1. The molecule has 9 nitrogen and oxygen atoms in total. The molecule has 0 bridgehead atoms. The molecule has 3 aliphatic heterocycles. The first-order valence-electron chi connectivity index (χ1n) is 13.5. The van der Waals surface area contributed by atoms with Crippen LogP contribution in [0.1, 0.15) is 17.8 Å². The number of fused-ring (bicyclic) bond motifs is 2. The Kier molecular flexibility index (Phi) is 6.70. The van der Waals surface area contributed by atoms with Crippen LogP contribution in [0.4, 0.5) is 10.2 Å². The smallest absolute Gasteiger partial charge is 0.176 e. The average molecular weight is 538 g/mol. The molecule has 3 aliphatic rings. The average Bonchev–Trinajstić information content (AvgIpc) is 3.60. The molecule has 3 aromatic heterocycles. The first-order chi connectivity index (χ1) is 18.7. The molecule has 0 unspecified atom stereocenters. The van der Waals surface area contributed by atoms with Gasteiger partial charge in [-0.25, -0.2) is 19.3 Å². The molecular weight excluding hydrogens is 505 g/mol. The fraction of sp³-hybridized carbons (Fsp3) is 0.519. The molecule has 1 aromatic carbocycles. The van der Waals surface area contributed by atoms with Crippen molar-refractivity contribution in [2.45, 2.75) is 25.4 Å². The number of benzene rings is 1. The Morgan fingerprint density at radius 1 is 0.921 bits per heavy atom. The molecule has 0 aliphatic carbocycles. The fourth-order valence-corrected chi connectivity index (χ4v) is 7.00. The molecule has 0 saturated carbocycles. The third-order valence-corrected chi connectivity index (χ3v) is 9.00. The van der Waals surface area contributed by atoms with E-state index in [9.17, 15) is 0 Å². The predicted molar refractivity (Wildman–Crippen MR) is 146 cm³/mol. The minimum absolute atomic E-state index is 0.331. The minimum Gasteiger partial charge on any atom is -0.379 e. The van der Waals surface area contributed by atoms with E-state index >= 15 is 4.39 Å². The lowest BCUT2D eigenvalue weighted by Crippen LogP contribution is -2.48. The van der Waals surface area contributed by atoms with Gasteiger partial charge < -0.3 is 19.4 Å². The summed E-state index contributed by atoms with van der Waals surface area (Å²) in [4.78, 5) is 25.2. The van der Waals surface area contributed by atoms with E-state index in [1.165, 1.54) is 18.9 Å². The van der Waals surface area contributed by atoms with Crippen LogP contribution in [-0.4, -0.2) is 101 Å². The summed E-state index contributed by atoms with van der Waals surface area (Å²) >= 11 is 1.67. The molecule has 1 N–H and O–H groups in total. The van der Waals surface area contributed by atoms with Crippen molar-refractivity contribution in [3.05, 3.63) is 35.2 Å². The molecule has 200 valence electrons. The van der Waals surface area contributed by atoms with Gasteiger partial charge in [0.15, 0.2) is 17.3 Å². The molecule has 0 atom stereocenters. The zero-order valence-corrected chi connectivity index (χ0v) is 22.2. The summed E-state index contributed by atoms with van der Waals surface area (Å²) in [6.07, 6.45) is 4.17. The van der Waals surface area contributed by atoms with Crippen LogP contribution in [-0.2, 0) is 16.0 Å². The summed E-state index contributed by atoms with van der Waals surface area (Å²) < 4.78 is 27.3. The van der Waals surface area contributed by atoms with Crippen molar-refractivity contribution >= 4 is 38.4 Å². The van der Waals surface area contributed by atoms with Crippen LogP contribution in [0.2, 0.25) is 0 Å². The van der Waals surface area contributed by atoms with E-state index in [-0.39, 0.29) is 5.82 Å². The number of halogens is 1. The molecule has 6 heterocycles. The van der Waals surface area contributed by atoms with Crippen LogP contribution in [0.3, 0.4) is 0 Å². The standard InChI is InChI=1S/C27H32FN7O2S/c28-20-1-2-21-19(3-6-29-21)23(20)25-31-26-24(27(32-25)35-11-15-37-16-12-35)38-22(30-26)17-33-7-4-18(5-8-33)34-9-13-36-14-10-34/h1-3,6,18,29H,4-5,7-17H2. The van der Waals surface area contributed by atoms with E-state index in [0.717, 1.165) is 85.5 Å². The highest BCUT2D eigenvalue weighted by Crippen LogP contribution is 2.36. The number of hydrogen-bond donors (Lipinski definition) is 1. The first kappa shape index (κ1) is 24.3. The summed E-state index contributed by atoms with van der Waals surface area (Å²) in [5.41, 5.74) is 1.92. The van der Waals surface area contributed by atoms with Gasteiger partial charge in [-0.3, -0.25) is 9.80 Å². The van der Waals surface area contributed by atoms with E-state index < -0.39 is 0 Å². The summed E-state index contributed by atoms with van der Waals surface area (Å²) in [6.45, 7) is 9.49. The van der Waals surface area contributed by atoms with Crippen LogP contribution in [0, 0.1) is 5.82 Å².